The average molecular weight is 354 g/mol. The molecule has 7 heteroatoms. The summed E-state index contributed by atoms with van der Waals surface area (Å²) in [5, 5.41) is 7.89. The van der Waals surface area contributed by atoms with Gasteiger partial charge in [0.1, 0.15) is 12.1 Å². The van der Waals surface area contributed by atoms with Crippen LogP contribution in [-0.2, 0) is 24.7 Å². The van der Waals surface area contributed by atoms with E-state index in [2.05, 4.69) is 27.3 Å². The number of rotatable bonds is 4. The van der Waals surface area contributed by atoms with Crippen molar-refractivity contribution in [2.75, 3.05) is 18.9 Å². The van der Waals surface area contributed by atoms with Gasteiger partial charge in [-0.1, -0.05) is 0 Å². The zero-order valence-corrected chi connectivity index (χ0v) is 15.7. The number of hydrogen-bond donors (Lipinski definition) is 1. The molecular formula is C19H26N6O. The number of carbonyl (C=O) groups is 1. The van der Waals surface area contributed by atoms with Gasteiger partial charge in [-0.05, 0) is 32.6 Å². The molecular weight excluding hydrogens is 328 g/mol. The second kappa shape index (κ2) is 6.70. The number of nitrogens with one attached hydrogen (secondary N) is 1. The summed E-state index contributed by atoms with van der Waals surface area (Å²) in [6, 6.07) is 0.0568. The molecule has 1 fully saturated rings. The van der Waals surface area contributed by atoms with Crippen LogP contribution in [0.15, 0.2) is 12.5 Å². The highest BCUT2D eigenvalue weighted by atomic mass is 16.2. The van der Waals surface area contributed by atoms with Crippen LogP contribution >= 0.6 is 0 Å². The Hall–Kier alpha value is -2.44. The number of amides is 1. The van der Waals surface area contributed by atoms with Crippen molar-refractivity contribution in [2.45, 2.75) is 45.1 Å². The number of fused-ring (bicyclic) bond motifs is 1. The third-order valence-electron chi connectivity index (χ3n) is 5.94. The Labute approximate surface area is 153 Å². The SMILES string of the molecule is Cc1c([C@H]2[C@H](CNc3ncnc4c3CCCC4)CC(=O)N2C)cnn1C. The molecule has 1 aliphatic heterocycles. The molecule has 2 aliphatic rings. The van der Waals surface area contributed by atoms with Crippen LogP contribution in [0, 0.1) is 12.8 Å². The second-order valence-electron chi connectivity index (χ2n) is 7.46. The van der Waals surface area contributed by atoms with E-state index in [4.69, 9.17) is 0 Å². The summed E-state index contributed by atoms with van der Waals surface area (Å²) in [5.74, 6) is 1.33. The van der Waals surface area contributed by atoms with Crippen molar-refractivity contribution in [3.05, 3.63) is 35.0 Å². The summed E-state index contributed by atoms with van der Waals surface area (Å²) < 4.78 is 1.87. The predicted octanol–water partition coefficient (Wildman–Crippen LogP) is 2.03. The molecule has 1 amide bonds. The Morgan fingerprint density at radius 2 is 2.04 bits per heavy atom. The molecule has 3 heterocycles. The smallest absolute Gasteiger partial charge is 0.223 e. The van der Waals surface area contributed by atoms with Crippen molar-refractivity contribution in [1.82, 2.24) is 24.6 Å². The Kier molecular flexibility index (Phi) is 4.38. The summed E-state index contributed by atoms with van der Waals surface area (Å²) in [7, 11) is 3.84. The summed E-state index contributed by atoms with van der Waals surface area (Å²) in [5.41, 5.74) is 4.68. The molecule has 2 atom stereocenters. The van der Waals surface area contributed by atoms with Crippen molar-refractivity contribution >= 4 is 11.7 Å². The Morgan fingerprint density at radius 3 is 2.81 bits per heavy atom. The van der Waals surface area contributed by atoms with E-state index in [0.717, 1.165) is 36.5 Å². The van der Waals surface area contributed by atoms with Crippen molar-refractivity contribution in [3.63, 3.8) is 0 Å². The third kappa shape index (κ3) is 2.85. The Balaban J connectivity index is 1.55. The monoisotopic (exact) mass is 354 g/mol. The predicted molar refractivity (Wildman–Crippen MR) is 98.7 cm³/mol. The van der Waals surface area contributed by atoms with Gasteiger partial charge in [0.25, 0.3) is 0 Å². The molecule has 1 N–H and O–H groups in total. The third-order valence-corrected chi connectivity index (χ3v) is 5.94. The maximum atomic E-state index is 12.4. The van der Waals surface area contributed by atoms with Gasteiger partial charge in [-0.3, -0.25) is 9.48 Å². The van der Waals surface area contributed by atoms with Crippen molar-refractivity contribution < 1.29 is 4.79 Å². The molecule has 1 saturated heterocycles. The average Bonchev–Trinajstić information content (AvgIpc) is 3.12. The molecule has 4 rings (SSSR count). The highest BCUT2D eigenvalue weighted by Gasteiger charge is 2.40. The molecule has 0 radical (unpaired) electrons. The summed E-state index contributed by atoms with van der Waals surface area (Å²) in [4.78, 5) is 23.2. The second-order valence-corrected chi connectivity index (χ2v) is 7.46. The lowest BCUT2D eigenvalue weighted by Crippen LogP contribution is -2.27. The van der Waals surface area contributed by atoms with E-state index in [-0.39, 0.29) is 17.9 Å². The quantitative estimate of drug-likeness (QED) is 0.909. The number of likely N-dealkylation sites (tertiary alicyclic amines) is 1. The molecule has 2 aromatic heterocycles. The fraction of sp³-hybridized carbons (Fsp3) is 0.579. The molecule has 7 nitrogen and oxygen atoms in total. The number of aryl methyl sites for hydroxylation is 2. The van der Waals surface area contributed by atoms with E-state index >= 15 is 0 Å². The van der Waals surface area contributed by atoms with Gasteiger partial charge >= 0.3 is 0 Å². The highest BCUT2D eigenvalue weighted by molar-refractivity contribution is 5.79. The van der Waals surface area contributed by atoms with Crippen molar-refractivity contribution in [3.8, 4) is 0 Å². The van der Waals surface area contributed by atoms with Gasteiger partial charge in [-0.15, -0.1) is 0 Å². The van der Waals surface area contributed by atoms with E-state index in [1.807, 2.05) is 29.9 Å². The van der Waals surface area contributed by atoms with Crippen LogP contribution in [0.3, 0.4) is 0 Å². The first-order valence-electron chi connectivity index (χ1n) is 9.37. The first-order valence-corrected chi connectivity index (χ1v) is 9.37. The molecule has 1 aliphatic carbocycles. The minimum Gasteiger partial charge on any atom is -0.369 e. The van der Waals surface area contributed by atoms with Gasteiger partial charge in [0, 0.05) is 55.5 Å². The summed E-state index contributed by atoms with van der Waals surface area (Å²) in [6.45, 7) is 2.78. The minimum absolute atomic E-state index is 0.0568. The van der Waals surface area contributed by atoms with Gasteiger partial charge in [0.2, 0.25) is 5.91 Å². The van der Waals surface area contributed by atoms with Crippen LogP contribution in [0.5, 0.6) is 0 Å². The zero-order valence-electron chi connectivity index (χ0n) is 15.7. The fourth-order valence-electron chi connectivity index (χ4n) is 4.30. The van der Waals surface area contributed by atoms with Crippen molar-refractivity contribution in [2.24, 2.45) is 13.0 Å². The molecule has 26 heavy (non-hydrogen) atoms. The molecule has 0 aromatic carbocycles. The molecule has 0 unspecified atom stereocenters. The maximum absolute atomic E-state index is 12.4. The molecule has 0 spiro atoms. The van der Waals surface area contributed by atoms with Crippen LogP contribution < -0.4 is 5.32 Å². The first kappa shape index (κ1) is 17.0. The van der Waals surface area contributed by atoms with Gasteiger partial charge in [-0.25, -0.2) is 9.97 Å². The highest BCUT2D eigenvalue weighted by Crippen LogP contribution is 2.38. The molecule has 138 valence electrons. The fourth-order valence-corrected chi connectivity index (χ4v) is 4.30. The van der Waals surface area contributed by atoms with E-state index in [9.17, 15) is 4.79 Å². The normalized spacial score (nSPS) is 22.6. The minimum atomic E-state index is 0.0568. The lowest BCUT2D eigenvalue weighted by molar-refractivity contribution is -0.127. The largest absolute Gasteiger partial charge is 0.369 e. The van der Waals surface area contributed by atoms with Gasteiger partial charge in [0.15, 0.2) is 0 Å². The number of nitrogens with zero attached hydrogens (tertiary/aromatic N) is 5. The van der Waals surface area contributed by atoms with E-state index in [1.165, 1.54) is 24.1 Å². The topological polar surface area (TPSA) is 75.9 Å². The number of anilines is 1. The number of hydrogen-bond acceptors (Lipinski definition) is 5. The molecule has 0 saturated carbocycles. The summed E-state index contributed by atoms with van der Waals surface area (Å²) in [6.07, 6.45) is 8.57. The Bertz CT molecular complexity index is 829. The molecule has 0 bridgehead atoms. The van der Waals surface area contributed by atoms with Crippen LogP contribution in [0.1, 0.15) is 47.8 Å². The van der Waals surface area contributed by atoms with Crippen LogP contribution in [0.2, 0.25) is 0 Å². The lowest BCUT2D eigenvalue weighted by atomic mass is 9.93. The maximum Gasteiger partial charge on any atom is 0.223 e. The van der Waals surface area contributed by atoms with Gasteiger partial charge < -0.3 is 10.2 Å². The number of aromatic nitrogens is 4. The zero-order chi connectivity index (χ0) is 18.3. The van der Waals surface area contributed by atoms with E-state index < -0.39 is 0 Å². The molecule has 2 aromatic rings. The summed E-state index contributed by atoms with van der Waals surface area (Å²) >= 11 is 0. The lowest BCUT2D eigenvalue weighted by Gasteiger charge is -2.26. The van der Waals surface area contributed by atoms with Crippen molar-refractivity contribution in [1.29, 1.82) is 0 Å². The van der Waals surface area contributed by atoms with Gasteiger partial charge in [0.05, 0.1) is 12.2 Å². The van der Waals surface area contributed by atoms with E-state index in [0.29, 0.717) is 6.42 Å². The van der Waals surface area contributed by atoms with E-state index in [1.54, 1.807) is 6.33 Å². The van der Waals surface area contributed by atoms with Crippen LogP contribution in [0.4, 0.5) is 5.82 Å². The van der Waals surface area contributed by atoms with Crippen LogP contribution in [0.25, 0.3) is 0 Å². The number of carbonyl (C=O) groups excluding carboxylic acids is 1. The standard InChI is InChI=1S/C19H26N6O/c1-12-15(10-23-25(12)3)18-13(8-17(26)24(18)2)9-20-19-14-6-4-5-7-16(14)21-11-22-19/h10-11,13,18H,4-9H2,1-3H3,(H,20,21,22)/t13-,18+/m0/s1. The van der Waals surface area contributed by atoms with Gasteiger partial charge in [-0.2, -0.15) is 5.10 Å². The Morgan fingerprint density at radius 1 is 1.23 bits per heavy atom. The van der Waals surface area contributed by atoms with Crippen LogP contribution in [-0.4, -0.2) is 44.1 Å². The first-order chi connectivity index (χ1) is 12.6.